The Bertz CT molecular complexity index is 474. The summed E-state index contributed by atoms with van der Waals surface area (Å²) in [6, 6.07) is 7.36. The summed E-state index contributed by atoms with van der Waals surface area (Å²) in [5.41, 5.74) is 4.10. The van der Waals surface area contributed by atoms with Gasteiger partial charge >= 0.3 is 12.1 Å². The monoisotopic (exact) mass is 280 g/mol. The molecule has 0 bridgehead atoms. The van der Waals surface area contributed by atoms with Crippen LogP contribution in [0.1, 0.15) is 31.1 Å². The fourth-order valence-corrected chi connectivity index (χ4v) is 1.73. The number of hydrogen-bond acceptors (Lipinski definition) is 5. The number of nitrogens with zero attached hydrogens (tertiary/aromatic N) is 1. The molecule has 1 aromatic carbocycles. The van der Waals surface area contributed by atoms with Crippen LogP contribution < -0.4 is 5.43 Å². The molecule has 20 heavy (non-hydrogen) atoms. The number of amides is 1. The number of rotatable bonds is 5. The van der Waals surface area contributed by atoms with E-state index < -0.39 is 6.09 Å². The van der Waals surface area contributed by atoms with E-state index in [-0.39, 0.29) is 18.7 Å². The minimum Gasteiger partial charge on any atom is -0.458 e. The maximum atomic E-state index is 11.4. The van der Waals surface area contributed by atoms with E-state index in [1.165, 1.54) is 11.9 Å². The summed E-state index contributed by atoms with van der Waals surface area (Å²) >= 11 is 0. The lowest BCUT2D eigenvalue weighted by molar-refractivity contribution is -0.145. The number of nitrogens with one attached hydrogen (secondary N) is 1. The lowest BCUT2D eigenvalue weighted by Gasteiger charge is -2.17. The van der Waals surface area contributed by atoms with E-state index >= 15 is 0 Å². The molecule has 1 N–H and O–H groups in total. The summed E-state index contributed by atoms with van der Waals surface area (Å²) in [5.74, 6) is -0.349. The number of carbonyl (C=O) groups excluding carboxylic acids is 2. The Balaban J connectivity index is 2.70. The lowest BCUT2D eigenvalue weighted by Crippen LogP contribution is -2.36. The first-order valence-corrected chi connectivity index (χ1v) is 6.26. The smallest absolute Gasteiger partial charge is 0.422 e. The molecule has 0 aliphatic rings. The highest BCUT2D eigenvalue weighted by molar-refractivity contribution is 5.67. The van der Waals surface area contributed by atoms with Crippen molar-refractivity contribution in [2.75, 3.05) is 14.1 Å². The first-order chi connectivity index (χ1) is 9.40. The van der Waals surface area contributed by atoms with Crippen LogP contribution in [0.5, 0.6) is 0 Å². The molecular weight excluding hydrogens is 260 g/mol. The van der Waals surface area contributed by atoms with E-state index in [0.717, 1.165) is 11.1 Å². The number of benzene rings is 1. The molecule has 1 aromatic rings. The van der Waals surface area contributed by atoms with Gasteiger partial charge in [-0.05, 0) is 18.1 Å². The maximum Gasteiger partial charge on any atom is 0.422 e. The zero-order chi connectivity index (χ0) is 15.1. The molecule has 0 spiro atoms. The Labute approximate surface area is 118 Å². The van der Waals surface area contributed by atoms with E-state index in [0.29, 0.717) is 0 Å². The topological polar surface area (TPSA) is 67.9 Å². The van der Waals surface area contributed by atoms with Gasteiger partial charge in [-0.1, -0.05) is 24.3 Å². The van der Waals surface area contributed by atoms with Crippen molar-refractivity contribution < 1.29 is 19.1 Å². The van der Waals surface area contributed by atoms with Gasteiger partial charge in [0.05, 0.1) is 0 Å². The highest BCUT2D eigenvalue weighted by atomic mass is 16.6. The van der Waals surface area contributed by atoms with Gasteiger partial charge < -0.3 is 9.47 Å². The van der Waals surface area contributed by atoms with Crippen LogP contribution in [-0.4, -0.2) is 31.2 Å². The molecule has 0 saturated carbocycles. The molecule has 0 aromatic heterocycles. The quantitative estimate of drug-likeness (QED) is 0.660. The van der Waals surface area contributed by atoms with Crippen LogP contribution >= 0.6 is 0 Å². The van der Waals surface area contributed by atoms with Gasteiger partial charge in [-0.3, -0.25) is 10.2 Å². The standard InChI is InChI=1S/C14H20N2O4/c1-10(20-11(2)17)13-8-6-5-7-12(13)9-19-14(18)15-16(3)4/h5-8,10H,9H2,1-4H3,(H,15,18). The fraction of sp³-hybridized carbons (Fsp3) is 0.429. The van der Waals surface area contributed by atoms with Gasteiger partial charge in [-0.2, -0.15) is 0 Å². The van der Waals surface area contributed by atoms with Crippen molar-refractivity contribution >= 4 is 12.1 Å². The number of hydrogen-bond donors (Lipinski definition) is 1. The minimum atomic E-state index is -0.537. The Hall–Kier alpha value is -2.08. The van der Waals surface area contributed by atoms with Crippen molar-refractivity contribution in [1.29, 1.82) is 0 Å². The Morgan fingerprint density at radius 3 is 2.55 bits per heavy atom. The normalized spacial score (nSPS) is 11.8. The van der Waals surface area contributed by atoms with Crippen molar-refractivity contribution in [2.45, 2.75) is 26.6 Å². The van der Waals surface area contributed by atoms with Gasteiger partial charge in [0.2, 0.25) is 0 Å². The SMILES string of the molecule is CC(=O)OC(C)c1ccccc1COC(=O)NN(C)C. The molecule has 0 radical (unpaired) electrons. The number of esters is 1. The van der Waals surface area contributed by atoms with Gasteiger partial charge in [-0.25, -0.2) is 9.80 Å². The van der Waals surface area contributed by atoms with Crippen LogP contribution in [0.4, 0.5) is 4.79 Å². The van der Waals surface area contributed by atoms with Crippen LogP contribution in [0.3, 0.4) is 0 Å². The van der Waals surface area contributed by atoms with Crippen LogP contribution in [-0.2, 0) is 20.9 Å². The minimum absolute atomic E-state index is 0.113. The fourth-order valence-electron chi connectivity index (χ4n) is 1.73. The summed E-state index contributed by atoms with van der Waals surface area (Å²) < 4.78 is 10.2. The van der Waals surface area contributed by atoms with E-state index in [4.69, 9.17) is 9.47 Å². The largest absolute Gasteiger partial charge is 0.458 e. The molecule has 1 amide bonds. The van der Waals surface area contributed by atoms with E-state index in [9.17, 15) is 9.59 Å². The van der Waals surface area contributed by atoms with E-state index in [1.54, 1.807) is 21.0 Å². The lowest BCUT2D eigenvalue weighted by atomic mass is 10.0. The molecule has 1 unspecified atom stereocenters. The summed E-state index contributed by atoms with van der Waals surface area (Å²) in [6.45, 7) is 3.25. The highest BCUT2D eigenvalue weighted by Crippen LogP contribution is 2.21. The second-order valence-corrected chi connectivity index (χ2v) is 4.53. The summed E-state index contributed by atoms with van der Waals surface area (Å²) in [5, 5.41) is 1.50. The first-order valence-electron chi connectivity index (χ1n) is 6.26. The Kier molecular flexibility index (Phi) is 5.99. The van der Waals surface area contributed by atoms with Crippen molar-refractivity contribution in [2.24, 2.45) is 0 Å². The van der Waals surface area contributed by atoms with Crippen LogP contribution in [0, 0.1) is 0 Å². The first kappa shape index (κ1) is 16.0. The Morgan fingerprint density at radius 1 is 1.30 bits per heavy atom. The number of carbonyl (C=O) groups is 2. The van der Waals surface area contributed by atoms with Gasteiger partial charge in [0.1, 0.15) is 12.7 Å². The zero-order valence-electron chi connectivity index (χ0n) is 12.2. The molecule has 6 nitrogen and oxygen atoms in total. The van der Waals surface area contributed by atoms with Crippen LogP contribution in [0.25, 0.3) is 0 Å². The van der Waals surface area contributed by atoms with Gasteiger partial charge in [0, 0.05) is 21.0 Å². The molecule has 0 fully saturated rings. The number of hydrazine groups is 1. The van der Waals surface area contributed by atoms with Crippen molar-refractivity contribution in [3.05, 3.63) is 35.4 Å². The second kappa shape index (κ2) is 7.49. The molecule has 0 aliphatic carbocycles. The van der Waals surface area contributed by atoms with Crippen molar-refractivity contribution in [1.82, 2.24) is 10.4 Å². The summed E-state index contributed by atoms with van der Waals surface area (Å²) in [4.78, 5) is 22.4. The van der Waals surface area contributed by atoms with Gasteiger partial charge in [-0.15, -0.1) is 0 Å². The molecule has 1 atom stereocenters. The molecule has 0 heterocycles. The van der Waals surface area contributed by atoms with Crippen LogP contribution in [0.2, 0.25) is 0 Å². The second-order valence-electron chi connectivity index (χ2n) is 4.53. The third-order valence-corrected chi connectivity index (χ3v) is 2.51. The predicted octanol–water partition coefficient (Wildman–Crippen LogP) is 2.01. The summed E-state index contributed by atoms with van der Waals surface area (Å²) in [7, 11) is 3.38. The van der Waals surface area contributed by atoms with E-state index in [2.05, 4.69) is 5.43 Å². The Morgan fingerprint density at radius 2 is 1.95 bits per heavy atom. The maximum absolute atomic E-state index is 11.4. The number of ether oxygens (including phenoxy) is 2. The molecule has 0 saturated heterocycles. The van der Waals surface area contributed by atoms with E-state index in [1.807, 2.05) is 24.3 Å². The predicted molar refractivity (Wildman–Crippen MR) is 73.6 cm³/mol. The molecular formula is C14H20N2O4. The summed E-state index contributed by atoms with van der Waals surface area (Å²) in [6.07, 6.45) is -0.922. The third kappa shape index (κ3) is 5.27. The van der Waals surface area contributed by atoms with Gasteiger partial charge in [0.15, 0.2) is 0 Å². The zero-order valence-corrected chi connectivity index (χ0v) is 12.2. The van der Waals surface area contributed by atoms with Gasteiger partial charge in [0.25, 0.3) is 0 Å². The molecule has 6 heteroatoms. The van der Waals surface area contributed by atoms with Crippen molar-refractivity contribution in [3.63, 3.8) is 0 Å². The molecule has 0 aliphatic heterocycles. The van der Waals surface area contributed by atoms with Crippen LogP contribution in [0.15, 0.2) is 24.3 Å². The van der Waals surface area contributed by atoms with Crippen molar-refractivity contribution in [3.8, 4) is 0 Å². The third-order valence-electron chi connectivity index (χ3n) is 2.51. The molecule has 110 valence electrons. The highest BCUT2D eigenvalue weighted by Gasteiger charge is 2.14. The average molecular weight is 280 g/mol. The average Bonchev–Trinajstić information content (AvgIpc) is 2.35. The molecule has 1 rings (SSSR count).